The number of carbonyl (C=O) groups excluding carboxylic acids is 2. The van der Waals surface area contributed by atoms with Crippen molar-refractivity contribution in [3.63, 3.8) is 0 Å². The molecule has 1 unspecified atom stereocenters. The van der Waals surface area contributed by atoms with Crippen LogP contribution in [0.2, 0.25) is 0 Å². The number of ether oxygens (including phenoxy) is 2. The van der Waals surface area contributed by atoms with Gasteiger partial charge in [0.05, 0.1) is 7.11 Å². The van der Waals surface area contributed by atoms with Crippen molar-refractivity contribution in [1.29, 1.82) is 0 Å². The molecule has 1 aromatic carbocycles. The topological polar surface area (TPSA) is 55.8 Å². The number of amides is 1. The summed E-state index contributed by atoms with van der Waals surface area (Å²) in [6.45, 7) is -1.31. The van der Waals surface area contributed by atoms with E-state index in [-0.39, 0.29) is 17.7 Å². The van der Waals surface area contributed by atoms with E-state index in [0.29, 0.717) is 5.56 Å². The van der Waals surface area contributed by atoms with E-state index in [9.17, 15) is 18.4 Å². The zero-order valence-electron chi connectivity index (χ0n) is 12.3. The van der Waals surface area contributed by atoms with Crippen LogP contribution >= 0.6 is 0 Å². The molecule has 1 amide bonds. The lowest BCUT2D eigenvalue weighted by Gasteiger charge is -2.27. The molecule has 1 saturated carbocycles. The lowest BCUT2D eigenvalue weighted by Crippen LogP contribution is -2.45. The molecule has 1 fully saturated rings. The van der Waals surface area contributed by atoms with Gasteiger partial charge in [-0.1, -0.05) is 0 Å². The van der Waals surface area contributed by atoms with Crippen molar-refractivity contribution in [1.82, 2.24) is 4.90 Å². The summed E-state index contributed by atoms with van der Waals surface area (Å²) in [5, 5.41) is 0. The molecule has 0 heterocycles. The predicted molar refractivity (Wildman–Crippen MR) is 73.7 cm³/mol. The standard InChI is InChI=1S/C15H17F2NO4/c1-9(14(20)21-2)18(11-5-6-11)13(19)10-3-7-12(8-4-10)22-15(16)17/h3-4,7-9,11,15H,5-6H2,1-2H3. The van der Waals surface area contributed by atoms with Gasteiger partial charge in [0.25, 0.3) is 5.91 Å². The van der Waals surface area contributed by atoms with Crippen LogP contribution in [0.4, 0.5) is 8.78 Å². The van der Waals surface area contributed by atoms with E-state index in [0.717, 1.165) is 12.8 Å². The molecule has 1 aromatic rings. The van der Waals surface area contributed by atoms with Gasteiger partial charge in [0.2, 0.25) is 0 Å². The Hall–Kier alpha value is -2.18. The molecule has 1 aliphatic carbocycles. The van der Waals surface area contributed by atoms with Crippen molar-refractivity contribution in [3.8, 4) is 5.75 Å². The Morgan fingerprint density at radius 2 is 1.82 bits per heavy atom. The minimum atomic E-state index is -2.91. The Labute approximate surface area is 126 Å². The Bertz CT molecular complexity index is 543. The molecule has 7 heteroatoms. The molecule has 0 N–H and O–H groups in total. The summed E-state index contributed by atoms with van der Waals surface area (Å²) < 4.78 is 33.1. The highest BCUT2D eigenvalue weighted by Gasteiger charge is 2.39. The molecule has 0 saturated heterocycles. The maximum absolute atomic E-state index is 12.6. The number of hydrogen-bond donors (Lipinski definition) is 0. The van der Waals surface area contributed by atoms with Crippen molar-refractivity contribution < 1.29 is 27.8 Å². The van der Waals surface area contributed by atoms with Crippen molar-refractivity contribution in [2.45, 2.75) is 38.5 Å². The van der Waals surface area contributed by atoms with Gasteiger partial charge in [-0.3, -0.25) is 4.79 Å². The molecule has 120 valence electrons. The second-order valence-electron chi connectivity index (χ2n) is 5.05. The highest BCUT2D eigenvalue weighted by atomic mass is 19.3. The van der Waals surface area contributed by atoms with Gasteiger partial charge < -0.3 is 14.4 Å². The second-order valence-corrected chi connectivity index (χ2v) is 5.05. The molecule has 0 aromatic heterocycles. The van der Waals surface area contributed by atoms with Gasteiger partial charge >= 0.3 is 12.6 Å². The highest BCUT2D eigenvalue weighted by molar-refractivity contribution is 5.97. The number of nitrogens with zero attached hydrogens (tertiary/aromatic N) is 1. The van der Waals surface area contributed by atoms with E-state index in [2.05, 4.69) is 9.47 Å². The number of hydrogen-bond acceptors (Lipinski definition) is 4. The zero-order chi connectivity index (χ0) is 16.3. The van der Waals surface area contributed by atoms with Gasteiger partial charge in [0.1, 0.15) is 11.8 Å². The zero-order valence-corrected chi connectivity index (χ0v) is 12.3. The maximum Gasteiger partial charge on any atom is 0.387 e. The number of halogens is 2. The van der Waals surface area contributed by atoms with Gasteiger partial charge in [-0.2, -0.15) is 8.78 Å². The highest BCUT2D eigenvalue weighted by Crippen LogP contribution is 2.30. The number of alkyl halides is 2. The minimum Gasteiger partial charge on any atom is -0.467 e. The smallest absolute Gasteiger partial charge is 0.387 e. The number of benzene rings is 1. The van der Waals surface area contributed by atoms with E-state index < -0.39 is 18.6 Å². The lowest BCUT2D eigenvalue weighted by molar-refractivity contribution is -0.145. The van der Waals surface area contributed by atoms with Gasteiger partial charge in [-0.25, -0.2) is 4.79 Å². The van der Waals surface area contributed by atoms with Crippen LogP contribution in [0.1, 0.15) is 30.1 Å². The lowest BCUT2D eigenvalue weighted by atomic mass is 10.1. The van der Waals surface area contributed by atoms with Crippen molar-refractivity contribution in [2.75, 3.05) is 7.11 Å². The van der Waals surface area contributed by atoms with Crippen LogP contribution < -0.4 is 4.74 Å². The average Bonchev–Trinajstić information content (AvgIpc) is 3.31. The fraction of sp³-hybridized carbons (Fsp3) is 0.467. The summed E-state index contributed by atoms with van der Waals surface area (Å²) in [7, 11) is 1.27. The van der Waals surface area contributed by atoms with Crippen LogP contribution in [0.15, 0.2) is 24.3 Å². The largest absolute Gasteiger partial charge is 0.467 e. The first-order valence-corrected chi connectivity index (χ1v) is 6.89. The van der Waals surface area contributed by atoms with E-state index in [4.69, 9.17) is 0 Å². The Morgan fingerprint density at radius 1 is 1.23 bits per heavy atom. The maximum atomic E-state index is 12.6. The molecule has 0 spiro atoms. The van der Waals surface area contributed by atoms with Gasteiger partial charge in [-0.15, -0.1) is 0 Å². The first kappa shape index (κ1) is 16.2. The quantitative estimate of drug-likeness (QED) is 0.757. The number of esters is 1. The van der Waals surface area contributed by atoms with E-state index in [1.807, 2.05) is 0 Å². The third-order valence-electron chi connectivity index (χ3n) is 3.46. The van der Waals surface area contributed by atoms with Crippen LogP contribution in [0.3, 0.4) is 0 Å². The van der Waals surface area contributed by atoms with Gasteiger partial charge in [0, 0.05) is 11.6 Å². The third kappa shape index (κ3) is 3.72. The fourth-order valence-electron chi connectivity index (χ4n) is 2.22. The normalized spacial score (nSPS) is 15.3. The SMILES string of the molecule is COC(=O)C(C)N(C(=O)c1ccc(OC(F)F)cc1)C1CC1. The Kier molecular flexibility index (Phi) is 4.95. The van der Waals surface area contributed by atoms with Crippen molar-refractivity contribution in [3.05, 3.63) is 29.8 Å². The molecule has 2 rings (SSSR count). The van der Waals surface area contributed by atoms with E-state index in [1.54, 1.807) is 6.92 Å². The van der Waals surface area contributed by atoms with Crippen LogP contribution in [0, 0.1) is 0 Å². The number of carbonyl (C=O) groups is 2. The van der Waals surface area contributed by atoms with Crippen LogP contribution in [-0.4, -0.2) is 42.6 Å². The van der Waals surface area contributed by atoms with Crippen molar-refractivity contribution >= 4 is 11.9 Å². The van der Waals surface area contributed by atoms with Gasteiger partial charge in [-0.05, 0) is 44.0 Å². The molecule has 0 bridgehead atoms. The molecule has 22 heavy (non-hydrogen) atoms. The first-order chi connectivity index (χ1) is 10.4. The first-order valence-electron chi connectivity index (χ1n) is 6.89. The molecule has 1 atom stereocenters. The van der Waals surface area contributed by atoms with Gasteiger partial charge in [0.15, 0.2) is 0 Å². The molecular weight excluding hydrogens is 296 g/mol. The summed E-state index contributed by atoms with van der Waals surface area (Å²) in [4.78, 5) is 25.7. The monoisotopic (exact) mass is 313 g/mol. The average molecular weight is 313 g/mol. The fourth-order valence-corrected chi connectivity index (χ4v) is 2.22. The molecule has 5 nitrogen and oxygen atoms in total. The summed E-state index contributed by atoms with van der Waals surface area (Å²) in [6, 6.07) is 4.72. The van der Waals surface area contributed by atoms with Crippen LogP contribution in [-0.2, 0) is 9.53 Å². The molecule has 0 aliphatic heterocycles. The second kappa shape index (κ2) is 6.72. The molecule has 1 aliphatic rings. The van der Waals surface area contributed by atoms with Crippen molar-refractivity contribution in [2.24, 2.45) is 0 Å². The molecular formula is C15H17F2NO4. The number of methoxy groups -OCH3 is 1. The van der Waals surface area contributed by atoms with E-state index >= 15 is 0 Å². The Morgan fingerprint density at radius 3 is 2.27 bits per heavy atom. The predicted octanol–water partition coefficient (Wildman–Crippen LogP) is 2.45. The van der Waals surface area contributed by atoms with E-state index in [1.165, 1.54) is 36.3 Å². The summed E-state index contributed by atoms with van der Waals surface area (Å²) >= 11 is 0. The van der Waals surface area contributed by atoms with Crippen LogP contribution in [0.5, 0.6) is 5.75 Å². The Balaban J connectivity index is 2.15. The third-order valence-corrected chi connectivity index (χ3v) is 3.46. The minimum absolute atomic E-state index is 0.0126. The number of rotatable bonds is 6. The summed E-state index contributed by atoms with van der Waals surface area (Å²) in [6.07, 6.45) is 1.67. The molecule has 0 radical (unpaired) electrons. The summed E-state index contributed by atoms with van der Waals surface area (Å²) in [5.74, 6) is -0.840. The summed E-state index contributed by atoms with van der Waals surface area (Å²) in [5.41, 5.74) is 0.310. The van der Waals surface area contributed by atoms with Crippen LogP contribution in [0.25, 0.3) is 0 Å².